The monoisotopic (exact) mass is 341 g/mol. The quantitative estimate of drug-likeness (QED) is 0.836. The smallest absolute Gasteiger partial charge is 0.248 e. The average molecular weight is 341 g/mol. The molecule has 25 heavy (non-hydrogen) atoms. The van der Waals surface area contributed by atoms with Gasteiger partial charge in [-0.2, -0.15) is 0 Å². The second-order valence-electron chi connectivity index (χ2n) is 6.13. The Labute approximate surface area is 147 Å². The van der Waals surface area contributed by atoms with Crippen LogP contribution >= 0.6 is 0 Å². The molecule has 0 N–H and O–H groups in total. The maximum absolute atomic E-state index is 12.2. The molecule has 2 heterocycles. The van der Waals surface area contributed by atoms with E-state index in [1.165, 1.54) is 0 Å². The van der Waals surface area contributed by atoms with Gasteiger partial charge in [-0.15, -0.1) is 0 Å². The van der Waals surface area contributed by atoms with Crippen molar-refractivity contribution in [2.24, 2.45) is 0 Å². The Morgan fingerprint density at radius 3 is 2.92 bits per heavy atom. The molecule has 1 aromatic carbocycles. The zero-order valence-corrected chi connectivity index (χ0v) is 14.6. The predicted molar refractivity (Wildman–Crippen MR) is 94.5 cm³/mol. The number of ether oxygens (including phenoxy) is 2. The van der Waals surface area contributed by atoms with Crippen molar-refractivity contribution in [2.75, 3.05) is 33.9 Å². The summed E-state index contributed by atoms with van der Waals surface area (Å²) in [6.45, 7) is 1.54. The van der Waals surface area contributed by atoms with E-state index >= 15 is 0 Å². The highest BCUT2D eigenvalue weighted by atomic mass is 16.5. The van der Waals surface area contributed by atoms with Gasteiger partial charge in [0.2, 0.25) is 5.91 Å². The van der Waals surface area contributed by atoms with Gasteiger partial charge in [-0.3, -0.25) is 14.8 Å². The molecule has 0 unspecified atom stereocenters. The van der Waals surface area contributed by atoms with Crippen LogP contribution in [0.1, 0.15) is 24.5 Å². The first-order valence-electron chi connectivity index (χ1n) is 8.45. The van der Waals surface area contributed by atoms with Crippen LogP contribution < -0.4 is 4.74 Å². The topological polar surface area (TPSA) is 64.5 Å². The first-order chi connectivity index (χ1) is 12.2. The van der Waals surface area contributed by atoms with Crippen LogP contribution in [0.4, 0.5) is 0 Å². The van der Waals surface area contributed by atoms with Gasteiger partial charge >= 0.3 is 0 Å². The number of piperidine rings is 1. The van der Waals surface area contributed by atoms with Crippen molar-refractivity contribution in [3.05, 3.63) is 42.4 Å². The summed E-state index contributed by atoms with van der Waals surface area (Å²) in [5, 5.41) is 0. The van der Waals surface area contributed by atoms with Gasteiger partial charge in [0.05, 0.1) is 18.5 Å². The molecule has 2 aromatic rings. The molecule has 6 heteroatoms. The molecule has 0 saturated carbocycles. The molecule has 1 aromatic heterocycles. The molecule has 1 aliphatic heterocycles. The van der Waals surface area contributed by atoms with Crippen LogP contribution in [0.3, 0.4) is 0 Å². The predicted octanol–water partition coefficient (Wildman–Crippen LogP) is 2.50. The van der Waals surface area contributed by atoms with Crippen LogP contribution in [0.25, 0.3) is 11.3 Å². The Morgan fingerprint density at radius 2 is 2.12 bits per heavy atom. The standard InChI is InChI=1S/C19H23N3O3/c1-24-13-17(23)22-10-4-6-15(12-22)19-18(20-8-9-21-19)14-5-3-7-16(11-14)25-2/h3,5,7-9,11,15H,4,6,10,12-13H2,1-2H3/t15-/m0/s1. The van der Waals surface area contributed by atoms with Crippen LogP contribution in [0.5, 0.6) is 5.75 Å². The van der Waals surface area contributed by atoms with Gasteiger partial charge in [0, 0.05) is 44.1 Å². The number of likely N-dealkylation sites (tertiary alicyclic amines) is 1. The highest BCUT2D eigenvalue weighted by Crippen LogP contribution is 2.32. The normalized spacial score (nSPS) is 17.4. The number of carbonyl (C=O) groups excluding carboxylic acids is 1. The maximum atomic E-state index is 12.2. The number of hydrogen-bond donors (Lipinski definition) is 0. The lowest BCUT2D eigenvalue weighted by Gasteiger charge is -2.33. The Balaban J connectivity index is 1.88. The van der Waals surface area contributed by atoms with Gasteiger partial charge in [-0.1, -0.05) is 12.1 Å². The fourth-order valence-corrected chi connectivity index (χ4v) is 3.28. The minimum absolute atomic E-state index is 0.0269. The van der Waals surface area contributed by atoms with Crippen molar-refractivity contribution in [3.63, 3.8) is 0 Å². The van der Waals surface area contributed by atoms with Crippen molar-refractivity contribution in [3.8, 4) is 17.0 Å². The van der Waals surface area contributed by atoms with Crippen molar-refractivity contribution in [2.45, 2.75) is 18.8 Å². The third-order valence-corrected chi connectivity index (χ3v) is 4.50. The van der Waals surface area contributed by atoms with E-state index in [9.17, 15) is 4.79 Å². The van der Waals surface area contributed by atoms with Crippen molar-refractivity contribution in [1.82, 2.24) is 14.9 Å². The van der Waals surface area contributed by atoms with E-state index in [-0.39, 0.29) is 18.4 Å². The van der Waals surface area contributed by atoms with E-state index in [1.54, 1.807) is 26.6 Å². The lowest BCUT2D eigenvalue weighted by Crippen LogP contribution is -2.41. The molecule has 1 aliphatic rings. The largest absolute Gasteiger partial charge is 0.497 e. The number of amides is 1. The van der Waals surface area contributed by atoms with Crippen LogP contribution in [-0.2, 0) is 9.53 Å². The minimum atomic E-state index is 0.0269. The Kier molecular flexibility index (Phi) is 5.60. The van der Waals surface area contributed by atoms with Gasteiger partial charge in [0.15, 0.2) is 0 Å². The second-order valence-corrected chi connectivity index (χ2v) is 6.13. The van der Waals surface area contributed by atoms with Crippen LogP contribution in [0, 0.1) is 0 Å². The Bertz CT molecular complexity index is 735. The molecule has 3 rings (SSSR count). The first-order valence-corrected chi connectivity index (χ1v) is 8.45. The molecule has 132 valence electrons. The Hall–Kier alpha value is -2.47. The summed E-state index contributed by atoms with van der Waals surface area (Å²) < 4.78 is 10.3. The summed E-state index contributed by atoms with van der Waals surface area (Å²) >= 11 is 0. The molecule has 0 spiro atoms. The molecule has 1 fully saturated rings. The summed E-state index contributed by atoms with van der Waals surface area (Å²) in [7, 11) is 3.19. The molecule has 0 bridgehead atoms. The minimum Gasteiger partial charge on any atom is -0.497 e. The van der Waals surface area contributed by atoms with E-state index in [0.717, 1.165) is 42.1 Å². The number of nitrogens with zero attached hydrogens (tertiary/aromatic N) is 3. The summed E-state index contributed by atoms with van der Waals surface area (Å²) in [5.74, 6) is 0.984. The van der Waals surface area contributed by atoms with Gasteiger partial charge in [0.1, 0.15) is 12.4 Å². The van der Waals surface area contributed by atoms with Gasteiger partial charge in [-0.25, -0.2) is 0 Å². The highest BCUT2D eigenvalue weighted by molar-refractivity contribution is 5.77. The van der Waals surface area contributed by atoms with Crippen LogP contribution in [0.2, 0.25) is 0 Å². The summed E-state index contributed by atoms with van der Waals surface area (Å²) in [6.07, 6.45) is 5.37. The lowest BCUT2D eigenvalue weighted by molar-refractivity contribution is -0.136. The number of carbonyl (C=O) groups is 1. The third-order valence-electron chi connectivity index (χ3n) is 4.50. The van der Waals surface area contributed by atoms with E-state index in [4.69, 9.17) is 9.47 Å². The molecular weight excluding hydrogens is 318 g/mol. The van der Waals surface area contributed by atoms with Gasteiger partial charge in [-0.05, 0) is 25.0 Å². The Morgan fingerprint density at radius 1 is 1.28 bits per heavy atom. The fourth-order valence-electron chi connectivity index (χ4n) is 3.28. The number of rotatable bonds is 5. The van der Waals surface area contributed by atoms with Crippen LogP contribution in [0.15, 0.2) is 36.7 Å². The summed E-state index contributed by atoms with van der Waals surface area (Å²) in [5.41, 5.74) is 2.76. The average Bonchev–Trinajstić information content (AvgIpc) is 2.68. The van der Waals surface area contributed by atoms with Gasteiger partial charge in [0.25, 0.3) is 0 Å². The number of methoxy groups -OCH3 is 2. The molecule has 1 saturated heterocycles. The zero-order valence-electron chi connectivity index (χ0n) is 14.6. The zero-order chi connectivity index (χ0) is 17.6. The maximum Gasteiger partial charge on any atom is 0.248 e. The highest BCUT2D eigenvalue weighted by Gasteiger charge is 2.27. The first kappa shape index (κ1) is 17.4. The molecule has 0 aliphatic carbocycles. The third kappa shape index (κ3) is 3.96. The molecule has 1 amide bonds. The van der Waals surface area contributed by atoms with E-state index in [2.05, 4.69) is 9.97 Å². The molecular formula is C19H23N3O3. The molecule has 6 nitrogen and oxygen atoms in total. The molecule has 1 atom stereocenters. The van der Waals surface area contributed by atoms with Crippen LogP contribution in [-0.4, -0.2) is 54.7 Å². The van der Waals surface area contributed by atoms with Crippen molar-refractivity contribution in [1.29, 1.82) is 0 Å². The number of benzene rings is 1. The fraction of sp³-hybridized carbons (Fsp3) is 0.421. The lowest BCUT2D eigenvalue weighted by atomic mass is 9.91. The van der Waals surface area contributed by atoms with Crippen molar-refractivity contribution < 1.29 is 14.3 Å². The number of hydrogen-bond acceptors (Lipinski definition) is 5. The molecule has 0 radical (unpaired) electrons. The number of aromatic nitrogens is 2. The second kappa shape index (κ2) is 8.07. The summed E-state index contributed by atoms with van der Waals surface area (Å²) in [6, 6.07) is 7.82. The van der Waals surface area contributed by atoms with E-state index in [0.29, 0.717) is 6.54 Å². The van der Waals surface area contributed by atoms with E-state index < -0.39 is 0 Å². The van der Waals surface area contributed by atoms with E-state index in [1.807, 2.05) is 29.2 Å². The van der Waals surface area contributed by atoms with Gasteiger partial charge < -0.3 is 14.4 Å². The summed E-state index contributed by atoms with van der Waals surface area (Å²) in [4.78, 5) is 23.2. The van der Waals surface area contributed by atoms with Crippen molar-refractivity contribution >= 4 is 5.91 Å². The SMILES string of the molecule is COCC(=O)N1CCC[C@H](c2nccnc2-c2cccc(OC)c2)C1.